The molecule has 0 aliphatic heterocycles. The maximum atomic E-state index is 11.7. The summed E-state index contributed by atoms with van der Waals surface area (Å²) in [5.74, 6) is 1.44. The molecule has 7 heteroatoms. The van der Waals surface area contributed by atoms with Gasteiger partial charge in [-0.15, -0.1) is 0 Å². The Hall–Kier alpha value is -1.31. The van der Waals surface area contributed by atoms with Gasteiger partial charge in [0.15, 0.2) is 0 Å². The molecule has 0 atom stereocenters. The van der Waals surface area contributed by atoms with Crippen molar-refractivity contribution in [3.63, 3.8) is 0 Å². The number of carbonyl (C=O) groups is 1. The molecule has 20 heavy (non-hydrogen) atoms. The largest absolute Gasteiger partial charge is 0.507 e. The summed E-state index contributed by atoms with van der Waals surface area (Å²) in [6.07, 6.45) is 0. The van der Waals surface area contributed by atoms with Crippen molar-refractivity contribution in [3.05, 3.63) is 30.3 Å². The van der Waals surface area contributed by atoms with E-state index in [-0.39, 0.29) is 11.7 Å². The number of anilines is 1. The Morgan fingerprint density at radius 3 is 2.90 bits per heavy atom. The molecule has 0 fully saturated rings. The first-order chi connectivity index (χ1) is 9.58. The Morgan fingerprint density at radius 1 is 1.50 bits per heavy atom. The first-order valence-corrected chi connectivity index (χ1v) is 8.38. The van der Waals surface area contributed by atoms with Crippen molar-refractivity contribution in [1.82, 2.24) is 0 Å². The van der Waals surface area contributed by atoms with Gasteiger partial charge in [-0.3, -0.25) is 4.79 Å². The lowest BCUT2D eigenvalue weighted by Crippen LogP contribution is -2.13. The number of hydrogen-bond donors (Lipinski definition) is 3. The molecule has 0 aliphatic rings. The molecule has 0 aromatic heterocycles. The number of amides is 1. The summed E-state index contributed by atoms with van der Waals surface area (Å²) < 4.78 is 4.98. The van der Waals surface area contributed by atoms with Crippen LogP contribution in [0.25, 0.3) is 5.76 Å². The predicted molar refractivity (Wildman–Crippen MR) is 86.7 cm³/mol. The standard InChI is InChI=1S/C13H18N2O3S2/c1-9(18-2)11-7-10(3-4-12(11)16)15-13(17)8-20-19-6-5-14/h3-4,7,16H,1,5-6,8,14H2,2H3,(H,15,17). The highest BCUT2D eigenvalue weighted by molar-refractivity contribution is 8.76. The quantitative estimate of drug-likeness (QED) is 0.295. The van der Waals surface area contributed by atoms with Crippen molar-refractivity contribution in [2.24, 2.45) is 5.73 Å². The maximum Gasteiger partial charge on any atom is 0.235 e. The topological polar surface area (TPSA) is 84.6 Å². The number of methoxy groups -OCH3 is 1. The Morgan fingerprint density at radius 2 is 2.25 bits per heavy atom. The van der Waals surface area contributed by atoms with Crippen LogP contribution in [0.5, 0.6) is 5.75 Å². The second-order valence-electron chi connectivity index (χ2n) is 3.78. The van der Waals surface area contributed by atoms with Crippen LogP contribution in [0.15, 0.2) is 24.8 Å². The van der Waals surface area contributed by atoms with Gasteiger partial charge < -0.3 is 20.9 Å². The van der Waals surface area contributed by atoms with E-state index >= 15 is 0 Å². The molecule has 0 spiro atoms. The van der Waals surface area contributed by atoms with Crippen LogP contribution < -0.4 is 11.1 Å². The highest BCUT2D eigenvalue weighted by Gasteiger charge is 2.09. The van der Waals surface area contributed by atoms with Crippen LogP contribution in [0.3, 0.4) is 0 Å². The number of phenols is 1. The van der Waals surface area contributed by atoms with Gasteiger partial charge in [-0.1, -0.05) is 28.2 Å². The molecule has 0 radical (unpaired) electrons. The van der Waals surface area contributed by atoms with E-state index in [9.17, 15) is 9.90 Å². The average Bonchev–Trinajstić information content (AvgIpc) is 2.45. The summed E-state index contributed by atoms with van der Waals surface area (Å²) in [6.45, 7) is 4.28. The van der Waals surface area contributed by atoms with Crippen LogP contribution in [0.1, 0.15) is 5.56 Å². The number of nitrogens with one attached hydrogen (secondary N) is 1. The lowest BCUT2D eigenvalue weighted by molar-refractivity contribution is -0.113. The zero-order valence-electron chi connectivity index (χ0n) is 11.2. The van der Waals surface area contributed by atoms with E-state index in [4.69, 9.17) is 10.5 Å². The summed E-state index contributed by atoms with van der Waals surface area (Å²) in [5, 5.41) is 12.5. The molecule has 1 aromatic carbocycles. The van der Waals surface area contributed by atoms with Gasteiger partial charge in [0.25, 0.3) is 0 Å². The van der Waals surface area contributed by atoms with Gasteiger partial charge in [-0.25, -0.2) is 0 Å². The van der Waals surface area contributed by atoms with Crippen molar-refractivity contribution < 1.29 is 14.6 Å². The minimum Gasteiger partial charge on any atom is -0.507 e. The molecule has 110 valence electrons. The molecule has 0 unspecified atom stereocenters. The molecule has 4 N–H and O–H groups in total. The summed E-state index contributed by atoms with van der Waals surface area (Å²) in [4.78, 5) is 11.7. The van der Waals surface area contributed by atoms with Crippen LogP contribution in [0, 0.1) is 0 Å². The Labute approximate surface area is 126 Å². The lowest BCUT2D eigenvalue weighted by Gasteiger charge is -2.10. The average molecular weight is 314 g/mol. The first-order valence-electron chi connectivity index (χ1n) is 5.89. The molecular formula is C13H18N2O3S2. The van der Waals surface area contributed by atoms with Crippen LogP contribution >= 0.6 is 21.6 Å². The molecular weight excluding hydrogens is 296 g/mol. The molecule has 5 nitrogen and oxygen atoms in total. The molecule has 0 bridgehead atoms. The van der Waals surface area contributed by atoms with E-state index in [1.54, 1.807) is 22.9 Å². The highest BCUT2D eigenvalue weighted by atomic mass is 33.1. The smallest absolute Gasteiger partial charge is 0.235 e. The minimum atomic E-state index is -0.112. The third kappa shape index (κ3) is 5.36. The van der Waals surface area contributed by atoms with Crippen molar-refractivity contribution in [2.75, 3.05) is 30.5 Å². The SMILES string of the molecule is C=C(OC)c1cc(NC(=O)CSSCCN)ccc1O. The summed E-state index contributed by atoms with van der Waals surface area (Å²) in [7, 11) is 4.49. The van der Waals surface area contributed by atoms with Gasteiger partial charge >= 0.3 is 0 Å². The highest BCUT2D eigenvalue weighted by Crippen LogP contribution is 2.28. The molecule has 0 aliphatic carbocycles. The van der Waals surface area contributed by atoms with Crippen LogP contribution in [0.4, 0.5) is 5.69 Å². The van der Waals surface area contributed by atoms with Crippen LogP contribution in [-0.4, -0.2) is 36.2 Å². The van der Waals surface area contributed by atoms with Crippen molar-refractivity contribution in [1.29, 1.82) is 0 Å². The van der Waals surface area contributed by atoms with Gasteiger partial charge in [0.1, 0.15) is 11.5 Å². The molecule has 0 saturated heterocycles. The number of nitrogens with two attached hydrogens (primary N) is 1. The second-order valence-corrected chi connectivity index (χ2v) is 6.36. The zero-order valence-corrected chi connectivity index (χ0v) is 12.9. The predicted octanol–water partition coefficient (Wildman–Crippen LogP) is 2.29. The van der Waals surface area contributed by atoms with E-state index in [2.05, 4.69) is 11.9 Å². The van der Waals surface area contributed by atoms with E-state index in [1.165, 1.54) is 24.0 Å². The molecule has 1 aromatic rings. The second kappa shape index (κ2) is 8.78. The van der Waals surface area contributed by atoms with Gasteiger partial charge in [0.05, 0.1) is 18.4 Å². The number of ether oxygens (including phenoxy) is 1. The van der Waals surface area contributed by atoms with Gasteiger partial charge in [0.2, 0.25) is 5.91 Å². The molecule has 0 saturated carbocycles. The van der Waals surface area contributed by atoms with Crippen molar-refractivity contribution >= 4 is 38.9 Å². The molecule has 1 rings (SSSR count). The molecule has 0 heterocycles. The van der Waals surface area contributed by atoms with Crippen molar-refractivity contribution in [3.8, 4) is 5.75 Å². The van der Waals surface area contributed by atoms with E-state index < -0.39 is 0 Å². The number of phenolic OH excluding ortho intramolecular Hbond substituents is 1. The lowest BCUT2D eigenvalue weighted by atomic mass is 10.1. The van der Waals surface area contributed by atoms with Gasteiger partial charge in [-0.05, 0) is 18.2 Å². The fourth-order valence-electron chi connectivity index (χ4n) is 1.35. The number of hydrogen-bond acceptors (Lipinski definition) is 6. The normalized spacial score (nSPS) is 10.1. The number of benzene rings is 1. The summed E-state index contributed by atoms with van der Waals surface area (Å²) in [5.41, 5.74) is 6.41. The Balaban J connectivity index is 2.59. The van der Waals surface area contributed by atoms with Gasteiger partial charge in [0, 0.05) is 18.0 Å². The summed E-state index contributed by atoms with van der Waals surface area (Å²) in [6, 6.07) is 4.74. The number of aromatic hydroxyl groups is 1. The third-order valence-electron chi connectivity index (χ3n) is 2.30. The first kappa shape index (κ1) is 16.7. The number of rotatable bonds is 8. The molecule has 1 amide bonds. The van der Waals surface area contributed by atoms with E-state index in [1.807, 2.05) is 0 Å². The van der Waals surface area contributed by atoms with E-state index in [0.717, 1.165) is 5.75 Å². The monoisotopic (exact) mass is 314 g/mol. The minimum absolute atomic E-state index is 0.0581. The van der Waals surface area contributed by atoms with Crippen LogP contribution in [0.2, 0.25) is 0 Å². The summed E-state index contributed by atoms with van der Waals surface area (Å²) >= 11 is 0. The zero-order chi connectivity index (χ0) is 15.0. The number of carbonyl (C=O) groups excluding carboxylic acids is 1. The Bertz CT molecular complexity index is 481. The maximum absolute atomic E-state index is 11.7. The fraction of sp³-hybridized carbons (Fsp3) is 0.308. The van der Waals surface area contributed by atoms with Gasteiger partial charge in [-0.2, -0.15) is 0 Å². The third-order valence-corrected chi connectivity index (χ3v) is 4.60. The van der Waals surface area contributed by atoms with E-state index in [0.29, 0.717) is 29.3 Å². The van der Waals surface area contributed by atoms with Crippen LogP contribution in [-0.2, 0) is 9.53 Å². The van der Waals surface area contributed by atoms with Crippen molar-refractivity contribution in [2.45, 2.75) is 0 Å². The fourth-order valence-corrected chi connectivity index (χ4v) is 3.04. The Kier molecular flexibility index (Phi) is 7.35.